The molecule has 0 bridgehead atoms. The maximum absolute atomic E-state index is 16.8. The minimum Gasteiger partial charge on any atom is -0.414 e. The molecule has 0 amide bonds. The molecule has 1 saturated carbocycles. The average Bonchev–Trinajstić information content (AvgIpc) is 2.90. The lowest BCUT2D eigenvalue weighted by molar-refractivity contribution is -0.0326. The fourth-order valence-corrected chi connectivity index (χ4v) is 17.7. The molecule has 1 aromatic heterocycles. The monoisotopic (exact) mass is 495 g/mol. The Hall–Kier alpha value is -0.606. The van der Waals surface area contributed by atoms with Crippen LogP contribution < -0.4 is 0 Å². The summed E-state index contributed by atoms with van der Waals surface area (Å²) in [6.45, 7) is 23.9. The summed E-state index contributed by atoms with van der Waals surface area (Å²) in [6.07, 6.45) is 0.177. The van der Waals surface area contributed by atoms with Crippen molar-refractivity contribution in [1.29, 1.82) is 0 Å². The van der Waals surface area contributed by atoms with Crippen molar-refractivity contribution in [2.24, 2.45) is 5.92 Å². The van der Waals surface area contributed by atoms with Gasteiger partial charge in [-0.25, -0.2) is 4.39 Å². The Morgan fingerprint density at radius 3 is 1.97 bits per heavy atom. The maximum atomic E-state index is 16.8. The molecule has 7 heteroatoms. The fraction of sp³-hybridized carbons (Fsp3) is 0.808. The molecule has 0 aromatic carbocycles. The smallest absolute Gasteiger partial charge is 0.335 e. The molecule has 2 heterocycles. The average molecular weight is 496 g/mol. The van der Waals surface area contributed by atoms with Crippen LogP contribution in [0.15, 0.2) is 12.1 Å². The SMILES string of the molecule is Cc1ccc([C@@H]2C[C@@H]3CO[Si](C(C)C)(C(C)C)O[Si](C(C)C)(C(C)C)O[C@H]3[C@@]2(C)F)c(C)n1. The summed E-state index contributed by atoms with van der Waals surface area (Å²) in [7, 11) is -5.43. The number of fused-ring (bicyclic) bond motifs is 1. The van der Waals surface area contributed by atoms with Crippen molar-refractivity contribution in [3.05, 3.63) is 29.1 Å². The largest absolute Gasteiger partial charge is 0.414 e. The number of aryl methyl sites for hydroxylation is 2. The summed E-state index contributed by atoms with van der Waals surface area (Å²) in [4.78, 5) is 4.64. The van der Waals surface area contributed by atoms with Gasteiger partial charge in [0.25, 0.3) is 0 Å². The van der Waals surface area contributed by atoms with Crippen LogP contribution in [0.1, 0.15) is 91.6 Å². The van der Waals surface area contributed by atoms with Gasteiger partial charge in [-0.05, 0) is 61.0 Å². The number of hydrogen-bond acceptors (Lipinski definition) is 4. The van der Waals surface area contributed by atoms with Gasteiger partial charge < -0.3 is 13.0 Å². The van der Waals surface area contributed by atoms with Crippen LogP contribution >= 0.6 is 0 Å². The molecular weight excluding hydrogens is 449 g/mol. The number of rotatable bonds is 5. The molecule has 188 valence electrons. The summed E-state index contributed by atoms with van der Waals surface area (Å²) < 4.78 is 38.1. The molecule has 2 aliphatic rings. The zero-order valence-corrected chi connectivity index (χ0v) is 24.7. The van der Waals surface area contributed by atoms with Gasteiger partial charge in [-0.15, -0.1) is 0 Å². The second kappa shape index (κ2) is 9.45. The topological polar surface area (TPSA) is 40.6 Å². The third-order valence-corrected chi connectivity index (χ3v) is 18.4. The molecule has 0 radical (unpaired) electrons. The van der Waals surface area contributed by atoms with Crippen LogP contribution in [0.3, 0.4) is 0 Å². The molecule has 1 saturated heterocycles. The van der Waals surface area contributed by atoms with Crippen molar-refractivity contribution in [3.63, 3.8) is 0 Å². The first-order valence-corrected chi connectivity index (χ1v) is 16.8. The van der Waals surface area contributed by atoms with Crippen molar-refractivity contribution in [2.45, 2.75) is 122 Å². The van der Waals surface area contributed by atoms with Crippen molar-refractivity contribution in [3.8, 4) is 0 Å². The van der Waals surface area contributed by atoms with E-state index in [0.29, 0.717) is 24.1 Å². The van der Waals surface area contributed by atoms with Gasteiger partial charge in [-0.3, -0.25) is 4.98 Å². The zero-order valence-electron chi connectivity index (χ0n) is 22.7. The van der Waals surface area contributed by atoms with Crippen molar-refractivity contribution in [2.75, 3.05) is 6.61 Å². The number of nitrogens with zero attached hydrogens (tertiary/aromatic N) is 1. The molecule has 0 spiro atoms. The number of alkyl halides is 1. The first-order valence-electron chi connectivity index (χ1n) is 12.8. The van der Waals surface area contributed by atoms with Gasteiger partial charge in [0.05, 0.1) is 6.10 Å². The Morgan fingerprint density at radius 1 is 0.939 bits per heavy atom. The van der Waals surface area contributed by atoms with Crippen molar-refractivity contribution < 1.29 is 17.4 Å². The molecular formula is C26H46FNO3Si2. The van der Waals surface area contributed by atoms with Crippen LogP contribution in [0, 0.1) is 19.8 Å². The molecule has 0 N–H and O–H groups in total. The first kappa shape index (κ1) is 27.0. The van der Waals surface area contributed by atoms with Crippen LogP contribution in [0.5, 0.6) is 0 Å². The van der Waals surface area contributed by atoms with Crippen LogP contribution in [0.25, 0.3) is 0 Å². The fourth-order valence-electron chi connectivity index (χ4n) is 6.33. The van der Waals surface area contributed by atoms with E-state index >= 15 is 4.39 Å². The van der Waals surface area contributed by atoms with Gasteiger partial charge in [0, 0.05) is 29.8 Å². The maximum Gasteiger partial charge on any atom is 0.335 e. The second-order valence-electron chi connectivity index (χ2n) is 11.8. The summed E-state index contributed by atoms with van der Waals surface area (Å²) in [5.74, 6) is -0.258. The summed E-state index contributed by atoms with van der Waals surface area (Å²) in [6, 6.07) is 4.06. The van der Waals surface area contributed by atoms with Crippen LogP contribution in [-0.2, 0) is 13.0 Å². The lowest BCUT2D eigenvalue weighted by Crippen LogP contribution is -2.65. The van der Waals surface area contributed by atoms with Gasteiger partial charge in [0.1, 0.15) is 5.67 Å². The van der Waals surface area contributed by atoms with E-state index in [-0.39, 0.29) is 22.9 Å². The highest BCUT2D eigenvalue weighted by Crippen LogP contribution is 2.55. The van der Waals surface area contributed by atoms with Crippen LogP contribution in [0.2, 0.25) is 22.2 Å². The van der Waals surface area contributed by atoms with Gasteiger partial charge in [-0.1, -0.05) is 61.5 Å². The zero-order chi connectivity index (χ0) is 24.9. The molecule has 1 aromatic rings. The Morgan fingerprint density at radius 2 is 1.48 bits per heavy atom. The first-order chi connectivity index (χ1) is 15.2. The molecule has 1 aliphatic carbocycles. The highest BCUT2D eigenvalue weighted by molar-refractivity contribution is 6.83. The predicted molar refractivity (Wildman–Crippen MR) is 138 cm³/mol. The van der Waals surface area contributed by atoms with E-state index in [1.807, 2.05) is 19.9 Å². The van der Waals surface area contributed by atoms with E-state index in [2.05, 4.69) is 66.4 Å². The summed E-state index contributed by atoms with van der Waals surface area (Å²) in [5.41, 5.74) is 2.34. The van der Waals surface area contributed by atoms with E-state index in [1.165, 1.54) is 0 Å². The van der Waals surface area contributed by atoms with Gasteiger partial charge >= 0.3 is 17.1 Å². The Balaban J connectivity index is 2.12. The quantitative estimate of drug-likeness (QED) is 0.397. The summed E-state index contributed by atoms with van der Waals surface area (Å²) >= 11 is 0. The number of halogens is 1. The van der Waals surface area contributed by atoms with E-state index in [9.17, 15) is 0 Å². The number of hydrogen-bond donors (Lipinski definition) is 0. The lowest BCUT2D eigenvalue weighted by atomic mass is 9.86. The molecule has 1 aliphatic heterocycles. The molecule has 4 nitrogen and oxygen atoms in total. The third-order valence-electron chi connectivity index (χ3n) is 8.22. The Labute approximate surface area is 203 Å². The van der Waals surface area contributed by atoms with E-state index in [4.69, 9.17) is 13.0 Å². The standard InChI is InChI=1S/C26H46FNO3Si2/c1-16(2)32(17(3)4)29-15-22-14-24(23-13-12-20(9)28-21(23)10)26(11,27)25(22)30-33(31-32,18(5)6)19(7)8/h12-13,16-19,22,24-25H,14-15H2,1-11H3/t22-,24+,25-,26+/m1/s1. The molecule has 3 rings (SSSR count). The second-order valence-corrected chi connectivity index (χ2v) is 20.7. The van der Waals surface area contributed by atoms with E-state index in [1.54, 1.807) is 6.92 Å². The minimum absolute atomic E-state index is 0.00310. The molecule has 2 fully saturated rings. The Kier molecular flexibility index (Phi) is 7.73. The van der Waals surface area contributed by atoms with Crippen molar-refractivity contribution in [1.82, 2.24) is 4.98 Å². The predicted octanol–water partition coefficient (Wildman–Crippen LogP) is 7.49. The Bertz CT molecular complexity index is 827. The normalized spacial score (nSPS) is 31.8. The molecule has 4 atom stereocenters. The van der Waals surface area contributed by atoms with E-state index in [0.717, 1.165) is 17.0 Å². The summed E-state index contributed by atoms with van der Waals surface area (Å²) in [5, 5.41) is 0. The molecule has 0 unspecified atom stereocenters. The number of pyridine rings is 1. The minimum atomic E-state index is -2.83. The third kappa shape index (κ3) is 4.53. The van der Waals surface area contributed by atoms with Gasteiger partial charge in [-0.2, -0.15) is 0 Å². The molecule has 33 heavy (non-hydrogen) atoms. The van der Waals surface area contributed by atoms with Crippen LogP contribution in [0.4, 0.5) is 4.39 Å². The highest BCUT2D eigenvalue weighted by Gasteiger charge is 2.64. The van der Waals surface area contributed by atoms with Crippen LogP contribution in [-0.4, -0.2) is 40.5 Å². The lowest BCUT2D eigenvalue weighted by Gasteiger charge is -2.52. The van der Waals surface area contributed by atoms with Gasteiger partial charge in [0.15, 0.2) is 0 Å². The highest BCUT2D eigenvalue weighted by atomic mass is 28.5. The van der Waals surface area contributed by atoms with E-state index < -0.39 is 28.9 Å². The van der Waals surface area contributed by atoms with Crippen molar-refractivity contribution >= 4 is 17.1 Å². The van der Waals surface area contributed by atoms with Gasteiger partial charge in [0.2, 0.25) is 0 Å². The number of aromatic nitrogens is 1.